The van der Waals surface area contributed by atoms with Crippen molar-refractivity contribution in [3.05, 3.63) is 42.7 Å². The van der Waals surface area contributed by atoms with Crippen LogP contribution in [0.3, 0.4) is 0 Å². The third kappa shape index (κ3) is 3.37. The van der Waals surface area contributed by atoms with Crippen LogP contribution in [-0.2, 0) is 5.41 Å². The molecule has 0 saturated heterocycles. The minimum atomic E-state index is -0.969. The van der Waals surface area contributed by atoms with Crippen LogP contribution in [0.5, 0.6) is 0 Å². The Balaban J connectivity index is 2.72. The molecule has 0 N–H and O–H groups in total. The van der Waals surface area contributed by atoms with Gasteiger partial charge in [-0.25, -0.2) is 18.7 Å². The molecule has 1 aromatic carbocycles. The SMILES string of the molecule is CC(C)(C)c1nc(-c2ccc(F)c(F)c2Br)nc(Cl)c1I. The minimum Gasteiger partial charge on any atom is -0.231 e. The summed E-state index contributed by atoms with van der Waals surface area (Å²) in [5, 5.41) is 0.294. The van der Waals surface area contributed by atoms with E-state index in [2.05, 4.69) is 48.5 Å². The van der Waals surface area contributed by atoms with Crippen LogP contribution in [0.4, 0.5) is 8.78 Å². The first-order valence-electron chi connectivity index (χ1n) is 6.00. The Bertz CT molecular complexity index is 717. The summed E-state index contributed by atoms with van der Waals surface area (Å²) in [6, 6.07) is 2.47. The van der Waals surface area contributed by atoms with Crippen molar-refractivity contribution in [1.29, 1.82) is 0 Å². The molecule has 112 valence electrons. The van der Waals surface area contributed by atoms with Gasteiger partial charge in [-0.1, -0.05) is 32.4 Å². The van der Waals surface area contributed by atoms with Gasteiger partial charge in [0, 0.05) is 11.0 Å². The van der Waals surface area contributed by atoms with Crippen LogP contribution in [0.1, 0.15) is 26.5 Å². The highest BCUT2D eigenvalue weighted by Gasteiger charge is 2.24. The predicted octanol–water partition coefficient (Wildman–Crippen LogP) is 5.74. The Morgan fingerprint density at radius 3 is 2.38 bits per heavy atom. The number of benzene rings is 1. The van der Waals surface area contributed by atoms with Gasteiger partial charge in [-0.15, -0.1) is 0 Å². The zero-order valence-electron chi connectivity index (χ0n) is 11.4. The molecule has 7 heteroatoms. The predicted molar refractivity (Wildman–Crippen MR) is 91.5 cm³/mol. The summed E-state index contributed by atoms with van der Waals surface area (Å²) in [5.41, 5.74) is 0.871. The van der Waals surface area contributed by atoms with Crippen molar-refractivity contribution < 1.29 is 8.78 Å². The average Bonchev–Trinajstić information content (AvgIpc) is 2.38. The number of hydrogen-bond donors (Lipinski definition) is 0. The molecule has 0 unspecified atom stereocenters. The fourth-order valence-electron chi connectivity index (χ4n) is 1.74. The first kappa shape index (κ1) is 17.0. The van der Waals surface area contributed by atoms with Crippen molar-refractivity contribution in [3.63, 3.8) is 0 Å². The average molecular weight is 488 g/mol. The molecule has 2 rings (SSSR count). The van der Waals surface area contributed by atoms with Gasteiger partial charge >= 0.3 is 0 Å². The fraction of sp³-hybridized carbons (Fsp3) is 0.286. The first-order chi connectivity index (χ1) is 9.62. The summed E-state index contributed by atoms with van der Waals surface area (Å²) in [5.74, 6) is -1.64. The zero-order valence-corrected chi connectivity index (χ0v) is 15.9. The Morgan fingerprint density at radius 2 is 1.81 bits per heavy atom. The summed E-state index contributed by atoms with van der Waals surface area (Å²) in [6.07, 6.45) is 0. The second-order valence-electron chi connectivity index (χ2n) is 5.47. The molecule has 1 heterocycles. The van der Waals surface area contributed by atoms with E-state index in [0.29, 0.717) is 10.7 Å². The van der Waals surface area contributed by atoms with Crippen LogP contribution < -0.4 is 0 Å². The molecule has 0 atom stereocenters. The topological polar surface area (TPSA) is 25.8 Å². The Morgan fingerprint density at radius 1 is 1.19 bits per heavy atom. The van der Waals surface area contributed by atoms with Crippen LogP contribution in [0.15, 0.2) is 16.6 Å². The molecule has 21 heavy (non-hydrogen) atoms. The molecule has 2 nitrogen and oxygen atoms in total. The second kappa shape index (κ2) is 6.04. The van der Waals surface area contributed by atoms with Crippen molar-refractivity contribution in [1.82, 2.24) is 9.97 Å². The molecular formula is C14H11BrClF2IN2. The maximum Gasteiger partial charge on any atom is 0.173 e. The van der Waals surface area contributed by atoms with Crippen molar-refractivity contribution >= 4 is 50.1 Å². The molecule has 0 aliphatic heterocycles. The van der Waals surface area contributed by atoms with E-state index in [-0.39, 0.29) is 15.7 Å². The smallest absolute Gasteiger partial charge is 0.173 e. The Hall–Kier alpha value is -0.340. The third-order valence-electron chi connectivity index (χ3n) is 2.80. The van der Waals surface area contributed by atoms with Gasteiger partial charge in [0.25, 0.3) is 0 Å². The number of hydrogen-bond acceptors (Lipinski definition) is 2. The fourth-order valence-corrected chi connectivity index (χ4v) is 3.45. The third-order valence-corrected chi connectivity index (χ3v) is 5.19. The first-order valence-corrected chi connectivity index (χ1v) is 8.25. The van der Waals surface area contributed by atoms with Gasteiger partial charge in [-0.3, -0.25) is 0 Å². The number of nitrogens with zero attached hydrogens (tertiary/aromatic N) is 2. The molecule has 0 aliphatic rings. The van der Waals surface area contributed by atoms with Gasteiger partial charge in [0.1, 0.15) is 5.15 Å². The molecule has 0 spiro atoms. The highest BCUT2D eigenvalue weighted by atomic mass is 127. The Labute approximate surface area is 148 Å². The number of rotatable bonds is 1. The van der Waals surface area contributed by atoms with E-state index in [1.54, 1.807) is 0 Å². The largest absolute Gasteiger partial charge is 0.231 e. The molecule has 0 amide bonds. The molecule has 0 bridgehead atoms. The molecule has 0 radical (unpaired) electrons. The van der Waals surface area contributed by atoms with Crippen LogP contribution >= 0.6 is 50.1 Å². The maximum absolute atomic E-state index is 13.7. The molecule has 0 fully saturated rings. The summed E-state index contributed by atoms with van der Waals surface area (Å²) in [6.45, 7) is 5.99. The lowest BCUT2D eigenvalue weighted by Gasteiger charge is -2.20. The van der Waals surface area contributed by atoms with Gasteiger partial charge < -0.3 is 0 Å². The lowest BCUT2D eigenvalue weighted by atomic mass is 9.92. The van der Waals surface area contributed by atoms with E-state index in [1.165, 1.54) is 6.07 Å². The van der Waals surface area contributed by atoms with E-state index in [1.807, 2.05) is 20.8 Å². The quantitative estimate of drug-likeness (QED) is 0.291. The van der Waals surface area contributed by atoms with Crippen LogP contribution in [0, 0.1) is 15.2 Å². The van der Waals surface area contributed by atoms with Crippen molar-refractivity contribution in [2.24, 2.45) is 0 Å². The van der Waals surface area contributed by atoms with Crippen molar-refractivity contribution in [3.8, 4) is 11.4 Å². The minimum absolute atomic E-state index is 0.0142. The second-order valence-corrected chi connectivity index (χ2v) is 7.70. The van der Waals surface area contributed by atoms with E-state index in [0.717, 1.165) is 15.3 Å². The normalized spacial score (nSPS) is 11.8. The van der Waals surface area contributed by atoms with Gasteiger partial charge in [-0.2, -0.15) is 0 Å². The zero-order chi connectivity index (χ0) is 15.9. The summed E-state index contributed by atoms with van der Waals surface area (Å²) >= 11 is 11.3. The van der Waals surface area contributed by atoms with Gasteiger partial charge in [-0.05, 0) is 50.7 Å². The molecular weight excluding hydrogens is 476 g/mol. The Kier molecular flexibility index (Phi) is 4.90. The van der Waals surface area contributed by atoms with Crippen LogP contribution in [0.2, 0.25) is 5.15 Å². The number of aromatic nitrogens is 2. The van der Waals surface area contributed by atoms with Gasteiger partial charge in [0.2, 0.25) is 0 Å². The number of halogens is 5. The lowest BCUT2D eigenvalue weighted by molar-refractivity contribution is 0.504. The molecule has 1 aromatic heterocycles. The lowest BCUT2D eigenvalue weighted by Crippen LogP contribution is -2.17. The monoisotopic (exact) mass is 486 g/mol. The molecule has 2 aromatic rings. The van der Waals surface area contributed by atoms with E-state index >= 15 is 0 Å². The highest BCUT2D eigenvalue weighted by Crippen LogP contribution is 2.34. The summed E-state index contributed by atoms with van der Waals surface area (Å²) in [4.78, 5) is 8.66. The van der Waals surface area contributed by atoms with Gasteiger partial charge in [0.05, 0.1) is 13.7 Å². The van der Waals surface area contributed by atoms with E-state index in [4.69, 9.17) is 11.6 Å². The van der Waals surface area contributed by atoms with Crippen LogP contribution in [-0.4, -0.2) is 9.97 Å². The van der Waals surface area contributed by atoms with E-state index in [9.17, 15) is 8.78 Å². The van der Waals surface area contributed by atoms with Gasteiger partial charge in [0.15, 0.2) is 17.5 Å². The standard InChI is InChI=1S/C14H11BrClF2IN2/c1-14(2,3)11-10(19)12(16)21-13(20-11)6-4-5-7(17)9(18)8(6)15/h4-5H,1-3H3. The van der Waals surface area contributed by atoms with Crippen molar-refractivity contribution in [2.75, 3.05) is 0 Å². The maximum atomic E-state index is 13.7. The molecule has 0 aliphatic carbocycles. The van der Waals surface area contributed by atoms with E-state index < -0.39 is 11.6 Å². The summed E-state index contributed by atoms with van der Waals surface area (Å²) in [7, 11) is 0. The van der Waals surface area contributed by atoms with Crippen LogP contribution in [0.25, 0.3) is 11.4 Å². The molecule has 0 saturated carbocycles. The van der Waals surface area contributed by atoms with Crippen molar-refractivity contribution in [2.45, 2.75) is 26.2 Å². The highest BCUT2D eigenvalue weighted by molar-refractivity contribution is 14.1. The summed E-state index contributed by atoms with van der Waals surface area (Å²) < 4.78 is 27.6.